The Bertz CT molecular complexity index is 480. The molecular weight excluding hydrogens is 210 g/mol. The van der Waals surface area contributed by atoms with E-state index in [0.717, 1.165) is 18.9 Å². The number of aryl methyl sites for hydroxylation is 3. The predicted octanol–water partition coefficient (Wildman–Crippen LogP) is 3.13. The molecule has 0 radical (unpaired) electrons. The van der Waals surface area contributed by atoms with Crippen molar-refractivity contribution in [2.45, 2.75) is 33.9 Å². The number of hydrogen-bond donors (Lipinski definition) is 1. The van der Waals surface area contributed by atoms with Crippen molar-refractivity contribution in [1.29, 1.82) is 0 Å². The average molecular weight is 229 g/mol. The van der Waals surface area contributed by atoms with Gasteiger partial charge in [0, 0.05) is 24.6 Å². The highest BCUT2D eigenvalue weighted by atomic mass is 15.1. The molecule has 1 aromatic carbocycles. The SMILES string of the molecule is CCn1ccnc1CNc1c(C)cccc1C. The lowest BCUT2D eigenvalue weighted by atomic mass is 10.1. The molecule has 0 fully saturated rings. The first kappa shape index (κ1) is 11.7. The van der Waals surface area contributed by atoms with Gasteiger partial charge in [-0.25, -0.2) is 4.98 Å². The molecule has 1 N–H and O–H groups in total. The van der Waals surface area contributed by atoms with E-state index in [1.54, 1.807) is 0 Å². The van der Waals surface area contributed by atoms with Gasteiger partial charge in [-0.15, -0.1) is 0 Å². The zero-order valence-electron chi connectivity index (χ0n) is 10.7. The molecule has 2 rings (SSSR count). The monoisotopic (exact) mass is 229 g/mol. The Morgan fingerprint density at radius 3 is 2.59 bits per heavy atom. The highest BCUT2D eigenvalue weighted by Crippen LogP contribution is 2.19. The molecule has 0 saturated heterocycles. The molecular formula is C14H19N3. The van der Waals surface area contributed by atoms with Crippen LogP contribution in [0.25, 0.3) is 0 Å². The summed E-state index contributed by atoms with van der Waals surface area (Å²) in [5, 5.41) is 3.47. The molecule has 3 heteroatoms. The minimum atomic E-state index is 0.770. The lowest BCUT2D eigenvalue weighted by molar-refractivity contribution is 0.708. The maximum Gasteiger partial charge on any atom is 0.128 e. The van der Waals surface area contributed by atoms with Crippen LogP contribution in [0.2, 0.25) is 0 Å². The first-order chi connectivity index (χ1) is 8.22. The summed E-state index contributed by atoms with van der Waals surface area (Å²) in [6.45, 7) is 8.11. The third-order valence-corrected chi connectivity index (χ3v) is 3.05. The summed E-state index contributed by atoms with van der Waals surface area (Å²) in [5.41, 5.74) is 3.78. The zero-order valence-corrected chi connectivity index (χ0v) is 10.7. The molecule has 0 bridgehead atoms. The van der Waals surface area contributed by atoms with E-state index in [1.807, 2.05) is 12.4 Å². The Labute approximate surface area is 103 Å². The van der Waals surface area contributed by atoms with Crippen LogP contribution in [0.5, 0.6) is 0 Å². The number of benzene rings is 1. The molecule has 0 aliphatic heterocycles. The number of nitrogens with zero attached hydrogens (tertiary/aromatic N) is 2. The standard InChI is InChI=1S/C14H19N3/c1-4-17-9-8-15-13(17)10-16-14-11(2)6-5-7-12(14)3/h5-9,16H,4,10H2,1-3H3. The normalized spacial score (nSPS) is 10.5. The molecule has 0 amide bonds. The Hall–Kier alpha value is -1.77. The molecule has 0 spiro atoms. The van der Waals surface area contributed by atoms with Gasteiger partial charge in [-0.2, -0.15) is 0 Å². The second-order valence-corrected chi connectivity index (χ2v) is 4.25. The fraction of sp³-hybridized carbons (Fsp3) is 0.357. The number of nitrogens with one attached hydrogen (secondary N) is 1. The Balaban J connectivity index is 2.13. The number of aromatic nitrogens is 2. The Morgan fingerprint density at radius 2 is 1.94 bits per heavy atom. The van der Waals surface area contributed by atoms with E-state index in [-0.39, 0.29) is 0 Å². The van der Waals surface area contributed by atoms with E-state index in [2.05, 4.69) is 53.8 Å². The summed E-state index contributed by atoms with van der Waals surface area (Å²) in [4.78, 5) is 4.36. The van der Waals surface area contributed by atoms with E-state index < -0.39 is 0 Å². The van der Waals surface area contributed by atoms with Crippen LogP contribution < -0.4 is 5.32 Å². The van der Waals surface area contributed by atoms with Crippen LogP contribution in [0.3, 0.4) is 0 Å². The molecule has 0 atom stereocenters. The van der Waals surface area contributed by atoms with Gasteiger partial charge in [0.1, 0.15) is 5.82 Å². The summed E-state index contributed by atoms with van der Waals surface area (Å²) >= 11 is 0. The Kier molecular flexibility index (Phi) is 3.47. The van der Waals surface area contributed by atoms with Gasteiger partial charge in [0.25, 0.3) is 0 Å². The average Bonchev–Trinajstić information content (AvgIpc) is 2.76. The number of para-hydroxylation sites is 1. The van der Waals surface area contributed by atoms with Crippen LogP contribution in [0.15, 0.2) is 30.6 Å². The summed E-state index contributed by atoms with van der Waals surface area (Å²) in [5.74, 6) is 1.08. The van der Waals surface area contributed by atoms with Gasteiger partial charge in [0.2, 0.25) is 0 Å². The fourth-order valence-electron chi connectivity index (χ4n) is 2.06. The van der Waals surface area contributed by atoms with Crippen LogP contribution >= 0.6 is 0 Å². The molecule has 1 aromatic heterocycles. The highest BCUT2D eigenvalue weighted by Gasteiger charge is 2.04. The maximum absolute atomic E-state index is 4.36. The first-order valence-corrected chi connectivity index (χ1v) is 6.02. The fourth-order valence-corrected chi connectivity index (χ4v) is 2.06. The first-order valence-electron chi connectivity index (χ1n) is 6.02. The van der Waals surface area contributed by atoms with Crippen LogP contribution in [0.4, 0.5) is 5.69 Å². The number of anilines is 1. The van der Waals surface area contributed by atoms with E-state index in [1.165, 1.54) is 16.8 Å². The van der Waals surface area contributed by atoms with Crippen molar-refractivity contribution in [3.05, 3.63) is 47.5 Å². The lowest BCUT2D eigenvalue weighted by Gasteiger charge is -2.12. The van der Waals surface area contributed by atoms with Gasteiger partial charge in [-0.05, 0) is 31.9 Å². The topological polar surface area (TPSA) is 29.9 Å². The van der Waals surface area contributed by atoms with Crippen molar-refractivity contribution >= 4 is 5.69 Å². The Morgan fingerprint density at radius 1 is 1.24 bits per heavy atom. The highest BCUT2D eigenvalue weighted by molar-refractivity contribution is 5.56. The van der Waals surface area contributed by atoms with Crippen molar-refractivity contribution in [2.75, 3.05) is 5.32 Å². The summed E-state index contributed by atoms with van der Waals surface area (Å²) in [6.07, 6.45) is 3.87. The molecule has 0 saturated carbocycles. The second kappa shape index (κ2) is 5.04. The van der Waals surface area contributed by atoms with Crippen molar-refractivity contribution in [3.63, 3.8) is 0 Å². The smallest absolute Gasteiger partial charge is 0.128 e. The van der Waals surface area contributed by atoms with Crippen LogP contribution in [0.1, 0.15) is 23.9 Å². The van der Waals surface area contributed by atoms with Crippen LogP contribution in [0, 0.1) is 13.8 Å². The van der Waals surface area contributed by atoms with E-state index in [0.29, 0.717) is 0 Å². The van der Waals surface area contributed by atoms with Crippen LogP contribution in [-0.2, 0) is 13.1 Å². The minimum absolute atomic E-state index is 0.770. The summed E-state index contributed by atoms with van der Waals surface area (Å²) in [6, 6.07) is 6.34. The van der Waals surface area contributed by atoms with Gasteiger partial charge in [0.05, 0.1) is 6.54 Å². The number of hydrogen-bond acceptors (Lipinski definition) is 2. The van der Waals surface area contributed by atoms with Gasteiger partial charge >= 0.3 is 0 Å². The van der Waals surface area contributed by atoms with Crippen molar-refractivity contribution in [2.24, 2.45) is 0 Å². The summed E-state index contributed by atoms with van der Waals surface area (Å²) < 4.78 is 2.15. The van der Waals surface area contributed by atoms with E-state index in [4.69, 9.17) is 0 Å². The molecule has 3 nitrogen and oxygen atoms in total. The second-order valence-electron chi connectivity index (χ2n) is 4.25. The van der Waals surface area contributed by atoms with Crippen molar-refractivity contribution in [3.8, 4) is 0 Å². The van der Waals surface area contributed by atoms with Gasteiger partial charge in [-0.1, -0.05) is 18.2 Å². The number of imidazole rings is 1. The van der Waals surface area contributed by atoms with Gasteiger partial charge in [-0.3, -0.25) is 0 Å². The third kappa shape index (κ3) is 2.49. The molecule has 90 valence electrons. The molecule has 0 aliphatic rings. The number of rotatable bonds is 4. The van der Waals surface area contributed by atoms with Gasteiger partial charge in [0.15, 0.2) is 0 Å². The van der Waals surface area contributed by atoms with Crippen molar-refractivity contribution in [1.82, 2.24) is 9.55 Å². The van der Waals surface area contributed by atoms with E-state index in [9.17, 15) is 0 Å². The molecule has 1 heterocycles. The molecule has 2 aromatic rings. The van der Waals surface area contributed by atoms with Crippen molar-refractivity contribution < 1.29 is 0 Å². The third-order valence-electron chi connectivity index (χ3n) is 3.05. The molecule has 0 unspecified atom stereocenters. The molecule has 0 aliphatic carbocycles. The predicted molar refractivity (Wildman–Crippen MR) is 71.1 cm³/mol. The van der Waals surface area contributed by atoms with Crippen LogP contribution in [-0.4, -0.2) is 9.55 Å². The van der Waals surface area contributed by atoms with E-state index >= 15 is 0 Å². The molecule has 17 heavy (non-hydrogen) atoms. The van der Waals surface area contributed by atoms with Gasteiger partial charge < -0.3 is 9.88 Å². The lowest BCUT2D eigenvalue weighted by Crippen LogP contribution is -2.09. The minimum Gasteiger partial charge on any atom is -0.377 e. The quantitative estimate of drug-likeness (QED) is 0.873. The maximum atomic E-state index is 4.36. The largest absolute Gasteiger partial charge is 0.377 e. The zero-order chi connectivity index (χ0) is 12.3. The summed E-state index contributed by atoms with van der Waals surface area (Å²) in [7, 11) is 0.